The molecule has 9 aromatic rings. The molecule has 2 heterocycles. The van der Waals surface area contributed by atoms with E-state index in [4.69, 9.17) is 15.0 Å². The van der Waals surface area contributed by atoms with E-state index in [1.165, 1.54) is 40.8 Å². The number of benzene rings is 7. The van der Waals surface area contributed by atoms with Gasteiger partial charge in [-0.2, -0.15) is 0 Å². The van der Waals surface area contributed by atoms with Crippen molar-refractivity contribution < 1.29 is 0 Å². The fourth-order valence-electron chi connectivity index (χ4n) is 6.28. The summed E-state index contributed by atoms with van der Waals surface area (Å²) in [5.41, 5.74) is 5.20. The molecule has 0 radical (unpaired) electrons. The molecule has 210 valence electrons. The van der Waals surface area contributed by atoms with Gasteiger partial charge < -0.3 is 0 Å². The van der Waals surface area contributed by atoms with Crippen LogP contribution < -0.4 is 0 Å². The van der Waals surface area contributed by atoms with Gasteiger partial charge >= 0.3 is 237 Å². The largest absolute Gasteiger partial charge is 0.0617 e. The van der Waals surface area contributed by atoms with Crippen LogP contribution in [0.2, 0.25) is 0 Å². The Morgan fingerprint density at radius 1 is 0.356 bits per heavy atom. The molecule has 0 N–H and O–H groups in total. The number of hydrogen-bond donors (Lipinski definition) is 0. The molecule has 0 spiro atoms. The first-order chi connectivity index (χ1) is 22.3. The molecule has 0 atom stereocenters. The van der Waals surface area contributed by atoms with Crippen LogP contribution in [0.3, 0.4) is 0 Å². The monoisotopic (exact) mass is 639 g/mol. The minimum absolute atomic E-state index is 0.250. The summed E-state index contributed by atoms with van der Waals surface area (Å²) in [7, 11) is 0. The van der Waals surface area contributed by atoms with Crippen LogP contribution in [-0.4, -0.2) is 29.5 Å². The standard InChI is InChI=1S/C41H25N3Se/c1-3-10-26(11-4-1)30-14-9-15-31(24-30)40-42-39(29-12-5-2-6-13-29)43-41(44-40)32-21-19-27-18-20-28-22-23-34-33-16-7-8-17-36(33)45-38(34)37(28)35(27)25-32/h1-25H. The zero-order chi connectivity index (χ0) is 29.7. The van der Waals surface area contributed by atoms with Crippen LogP contribution >= 0.6 is 0 Å². The minimum atomic E-state index is 0.250. The van der Waals surface area contributed by atoms with Crippen LogP contribution in [0.25, 0.3) is 86.1 Å². The van der Waals surface area contributed by atoms with Crippen LogP contribution in [0.15, 0.2) is 152 Å². The number of aromatic nitrogens is 3. The second-order valence-electron chi connectivity index (χ2n) is 11.3. The van der Waals surface area contributed by atoms with Crippen molar-refractivity contribution >= 4 is 55.3 Å². The Hall–Kier alpha value is -5.41. The molecule has 7 aromatic carbocycles. The van der Waals surface area contributed by atoms with E-state index >= 15 is 0 Å². The molecule has 0 aliphatic carbocycles. The molecule has 0 saturated heterocycles. The Kier molecular flexibility index (Phi) is 6.15. The molecular weight excluding hydrogens is 613 g/mol. The molecule has 0 aliphatic heterocycles. The van der Waals surface area contributed by atoms with Gasteiger partial charge in [0.25, 0.3) is 0 Å². The van der Waals surface area contributed by atoms with Crippen molar-refractivity contribution in [2.45, 2.75) is 0 Å². The first-order valence-electron chi connectivity index (χ1n) is 15.0. The van der Waals surface area contributed by atoms with Gasteiger partial charge in [0.05, 0.1) is 0 Å². The first-order valence-corrected chi connectivity index (χ1v) is 16.7. The van der Waals surface area contributed by atoms with Gasteiger partial charge in [-0.1, -0.05) is 30.3 Å². The zero-order valence-corrected chi connectivity index (χ0v) is 25.9. The van der Waals surface area contributed by atoms with E-state index in [0.29, 0.717) is 17.5 Å². The number of hydrogen-bond acceptors (Lipinski definition) is 3. The normalized spacial score (nSPS) is 11.6. The second-order valence-corrected chi connectivity index (χ2v) is 13.5. The Labute approximate surface area is 266 Å². The maximum atomic E-state index is 5.11. The molecule has 0 aliphatic rings. The number of rotatable bonds is 4. The Bertz CT molecular complexity index is 2540. The number of nitrogens with zero attached hydrogens (tertiary/aromatic N) is 3. The van der Waals surface area contributed by atoms with Gasteiger partial charge in [0, 0.05) is 0 Å². The third-order valence-corrected chi connectivity index (χ3v) is 11.0. The Balaban J connectivity index is 1.27. The first kappa shape index (κ1) is 26.0. The fourth-order valence-corrected chi connectivity index (χ4v) is 8.95. The summed E-state index contributed by atoms with van der Waals surface area (Å²) in [5, 5.41) is 7.81. The fraction of sp³-hybridized carbons (Fsp3) is 0. The van der Waals surface area contributed by atoms with Crippen LogP contribution in [0.1, 0.15) is 0 Å². The smallest absolute Gasteiger partial charge is 0.0544 e. The molecule has 0 amide bonds. The SMILES string of the molecule is c1ccc(-c2cccc(-c3nc(-c4ccccc4)nc(-c4ccc5ccc6ccc7c8ccccc8[se]c7c6c5c4)n3)c2)cc1. The average molecular weight is 639 g/mol. The summed E-state index contributed by atoms with van der Waals surface area (Å²) < 4.78 is 2.91. The van der Waals surface area contributed by atoms with E-state index in [-0.39, 0.29) is 14.5 Å². The maximum Gasteiger partial charge on any atom is -0.0544 e. The molecule has 45 heavy (non-hydrogen) atoms. The van der Waals surface area contributed by atoms with Crippen LogP contribution in [0.4, 0.5) is 0 Å². The molecule has 0 unspecified atom stereocenters. The maximum absolute atomic E-state index is 5.11. The van der Waals surface area contributed by atoms with Gasteiger partial charge in [-0.15, -0.1) is 0 Å². The van der Waals surface area contributed by atoms with Crippen molar-refractivity contribution in [2.24, 2.45) is 0 Å². The quantitative estimate of drug-likeness (QED) is 0.142. The van der Waals surface area contributed by atoms with Crippen LogP contribution in [0.5, 0.6) is 0 Å². The van der Waals surface area contributed by atoms with Gasteiger partial charge in [-0.05, 0) is 0 Å². The van der Waals surface area contributed by atoms with Crippen LogP contribution in [-0.2, 0) is 0 Å². The summed E-state index contributed by atoms with van der Waals surface area (Å²) in [6.07, 6.45) is 0. The summed E-state index contributed by atoms with van der Waals surface area (Å²) in [5.74, 6) is 2.00. The van der Waals surface area contributed by atoms with Crippen molar-refractivity contribution in [3.05, 3.63) is 152 Å². The summed E-state index contributed by atoms with van der Waals surface area (Å²) >= 11 is 0.250. The van der Waals surface area contributed by atoms with Crippen molar-refractivity contribution in [1.82, 2.24) is 15.0 Å². The molecule has 0 fully saturated rings. The van der Waals surface area contributed by atoms with Gasteiger partial charge in [0.2, 0.25) is 0 Å². The molecule has 2 aromatic heterocycles. The Morgan fingerprint density at radius 2 is 0.933 bits per heavy atom. The summed E-state index contributed by atoms with van der Waals surface area (Å²) in [6.45, 7) is 0. The van der Waals surface area contributed by atoms with E-state index in [2.05, 4.69) is 127 Å². The minimum Gasteiger partial charge on any atom is -0.0617 e. The van der Waals surface area contributed by atoms with Gasteiger partial charge in [-0.25, -0.2) is 0 Å². The van der Waals surface area contributed by atoms with E-state index in [0.717, 1.165) is 27.8 Å². The third kappa shape index (κ3) is 4.55. The molecule has 3 nitrogen and oxygen atoms in total. The summed E-state index contributed by atoms with van der Waals surface area (Å²) in [6, 6.07) is 53.6. The van der Waals surface area contributed by atoms with Crippen LogP contribution in [0, 0.1) is 0 Å². The second kappa shape index (κ2) is 10.6. The van der Waals surface area contributed by atoms with Crippen molar-refractivity contribution in [1.29, 1.82) is 0 Å². The van der Waals surface area contributed by atoms with Crippen molar-refractivity contribution in [3.8, 4) is 45.3 Å². The van der Waals surface area contributed by atoms with Gasteiger partial charge in [-0.3, -0.25) is 0 Å². The third-order valence-electron chi connectivity index (χ3n) is 8.50. The van der Waals surface area contributed by atoms with Gasteiger partial charge in [0.15, 0.2) is 0 Å². The number of fused-ring (bicyclic) bond motifs is 7. The molecule has 4 heteroatoms. The molecule has 0 bridgehead atoms. The molecule has 0 saturated carbocycles. The van der Waals surface area contributed by atoms with Crippen molar-refractivity contribution in [2.75, 3.05) is 0 Å². The predicted molar refractivity (Wildman–Crippen MR) is 189 cm³/mol. The van der Waals surface area contributed by atoms with Gasteiger partial charge in [0.1, 0.15) is 0 Å². The zero-order valence-electron chi connectivity index (χ0n) is 24.2. The molecule has 9 rings (SSSR count). The topological polar surface area (TPSA) is 38.7 Å². The van der Waals surface area contributed by atoms with Crippen molar-refractivity contribution in [3.63, 3.8) is 0 Å². The summed E-state index contributed by atoms with van der Waals surface area (Å²) in [4.78, 5) is 15.2. The van der Waals surface area contributed by atoms with E-state index in [1.807, 2.05) is 24.3 Å². The van der Waals surface area contributed by atoms with E-state index in [1.54, 1.807) is 0 Å². The average Bonchev–Trinajstić information content (AvgIpc) is 3.51. The molecular formula is C41H25N3Se. The Morgan fingerprint density at radius 3 is 1.73 bits per heavy atom. The van der Waals surface area contributed by atoms with E-state index in [9.17, 15) is 0 Å². The predicted octanol–water partition coefficient (Wildman–Crippen LogP) is 10.2. The van der Waals surface area contributed by atoms with E-state index < -0.39 is 0 Å².